The van der Waals surface area contributed by atoms with Crippen molar-refractivity contribution in [3.8, 4) is 0 Å². The molecule has 0 aliphatic carbocycles. The number of nitrogens with zero attached hydrogens (tertiary/aromatic N) is 2. The molecule has 0 saturated carbocycles. The highest BCUT2D eigenvalue weighted by Gasteiger charge is 2.16. The van der Waals surface area contributed by atoms with Gasteiger partial charge < -0.3 is 0 Å². The van der Waals surface area contributed by atoms with Crippen LogP contribution < -0.4 is 4.57 Å². The SMILES string of the molecule is CCCCCCCCCCCCCCCc1n(CCCCCCC)cc[n+]1CCCc1ccccc1. The number of aryl methyl sites for hydroxylation is 3. The maximum atomic E-state index is 2.58. The zero-order chi connectivity index (χ0) is 25.5. The van der Waals surface area contributed by atoms with E-state index in [-0.39, 0.29) is 0 Å². The lowest BCUT2D eigenvalue weighted by Gasteiger charge is -2.07. The number of unbranched alkanes of at least 4 members (excludes halogenated alkanes) is 16. The maximum Gasteiger partial charge on any atom is 0.256 e. The van der Waals surface area contributed by atoms with Gasteiger partial charge >= 0.3 is 0 Å². The van der Waals surface area contributed by atoms with Gasteiger partial charge in [0, 0.05) is 6.42 Å². The molecule has 2 rings (SSSR count). The zero-order valence-corrected chi connectivity index (χ0v) is 24.2. The van der Waals surface area contributed by atoms with E-state index in [1.165, 1.54) is 147 Å². The smallest absolute Gasteiger partial charge is 0.234 e. The van der Waals surface area contributed by atoms with Gasteiger partial charge in [0.1, 0.15) is 12.4 Å². The Morgan fingerprint density at radius 1 is 0.556 bits per heavy atom. The topological polar surface area (TPSA) is 8.81 Å². The van der Waals surface area contributed by atoms with Crippen molar-refractivity contribution >= 4 is 0 Å². The molecule has 0 fully saturated rings. The van der Waals surface area contributed by atoms with Gasteiger partial charge in [-0.2, -0.15) is 0 Å². The van der Waals surface area contributed by atoms with Crippen molar-refractivity contribution in [2.45, 2.75) is 162 Å². The van der Waals surface area contributed by atoms with Gasteiger partial charge in [-0.05, 0) is 37.7 Å². The van der Waals surface area contributed by atoms with Gasteiger partial charge in [0.15, 0.2) is 0 Å². The number of rotatable bonds is 24. The third-order valence-electron chi connectivity index (χ3n) is 7.80. The van der Waals surface area contributed by atoms with E-state index >= 15 is 0 Å². The normalized spacial score (nSPS) is 11.4. The molecule has 0 atom stereocenters. The van der Waals surface area contributed by atoms with E-state index in [0.717, 1.165) is 6.54 Å². The molecular formula is C34H59N2+. The largest absolute Gasteiger partial charge is 0.256 e. The summed E-state index contributed by atoms with van der Waals surface area (Å²) in [6.45, 7) is 6.95. The molecule has 0 spiro atoms. The highest BCUT2D eigenvalue weighted by atomic mass is 15.1. The lowest BCUT2D eigenvalue weighted by atomic mass is 10.0. The van der Waals surface area contributed by atoms with Crippen molar-refractivity contribution < 1.29 is 4.57 Å². The van der Waals surface area contributed by atoms with Gasteiger partial charge in [0.25, 0.3) is 5.82 Å². The van der Waals surface area contributed by atoms with Gasteiger partial charge in [0.2, 0.25) is 0 Å². The molecule has 0 aliphatic heterocycles. The second-order valence-corrected chi connectivity index (χ2v) is 11.1. The molecule has 0 unspecified atom stereocenters. The van der Waals surface area contributed by atoms with Crippen molar-refractivity contribution in [3.05, 3.63) is 54.1 Å². The summed E-state index contributed by atoms with van der Waals surface area (Å²) < 4.78 is 5.14. The Hall–Kier alpha value is -1.57. The van der Waals surface area contributed by atoms with Crippen LogP contribution in [0.25, 0.3) is 0 Å². The minimum absolute atomic E-state index is 1.14. The molecule has 2 nitrogen and oxygen atoms in total. The summed E-state index contributed by atoms with van der Waals surface area (Å²) >= 11 is 0. The predicted molar refractivity (Wildman–Crippen MR) is 158 cm³/mol. The highest BCUT2D eigenvalue weighted by molar-refractivity contribution is 5.14. The number of imidazole rings is 1. The summed E-state index contributed by atoms with van der Waals surface area (Å²) in [7, 11) is 0. The lowest BCUT2D eigenvalue weighted by Crippen LogP contribution is -2.37. The number of hydrogen-bond acceptors (Lipinski definition) is 0. The first-order valence-corrected chi connectivity index (χ1v) is 16.0. The van der Waals surface area contributed by atoms with Crippen molar-refractivity contribution in [2.24, 2.45) is 0 Å². The van der Waals surface area contributed by atoms with Gasteiger partial charge in [-0.25, -0.2) is 9.13 Å². The van der Waals surface area contributed by atoms with Crippen LogP contribution in [0.2, 0.25) is 0 Å². The molecule has 204 valence electrons. The molecule has 1 aromatic carbocycles. The molecule has 0 amide bonds. The molecule has 0 aliphatic rings. The summed E-state index contributed by atoms with van der Waals surface area (Å²) in [6.07, 6.45) is 33.7. The zero-order valence-electron chi connectivity index (χ0n) is 24.2. The first kappa shape index (κ1) is 30.7. The van der Waals surface area contributed by atoms with E-state index in [9.17, 15) is 0 Å². The molecular weight excluding hydrogens is 436 g/mol. The summed E-state index contributed by atoms with van der Waals surface area (Å²) in [4.78, 5) is 0. The molecule has 1 heterocycles. The molecule has 0 bridgehead atoms. The third kappa shape index (κ3) is 14.2. The van der Waals surface area contributed by atoms with E-state index in [4.69, 9.17) is 0 Å². The second kappa shape index (κ2) is 21.5. The lowest BCUT2D eigenvalue weighted by molar-refractivity contribution is -0.704. The van der Waals surface area contributed by atoms with Crippen molar-refractivity contribution in [1.82, 2.24) is 4.57 Å². The average molecular weight is 496 g/mol. The van der Waals surface area contributed by atoms with Crippen molar-refractivity contribution in [2.75, 3.05) is 0 Å². The summed E-state index contributed by atoms with van der Waals surface area (Å²) in [6, 6.07) is 11.0. The second-order valence-electron chi connectivity index (χ2n) is 11.1. The number of hydrogen-bond donors (Lipinski definition) is 0. The first-order valence-electron chi connectivity index (χ1n) is 16.0. The van der Waals surface area contributed by atoms with Crippen LogP contribution in [0.5, 0.6) is 0 Å². The van der Waals surface area contributed by atoms with Crippen molar-refractivity contribution in [1.29, 1.82) is 0 Å². The van der Waals surface area contributed by atoms with E-state index in [1.807, 2.05) is 0 Å². The van der Waals surface area contributed by atoms with Crippen LogP contribution in [0.1, 0.15) is 147 Å². The standard InChI is InChI=1S/C34H59N2/c1-3-5-7-9-10-11-12-13-14-15-16-17-22-28-34-35(29-23-18-8-6-4-2)31-32-36(34)30-24-27-33-25-20-19-21-26-33/h19-21,25-26,31-32H,3-18,22-24,27-30H2,1-2H3/q+1. The van der Waals surface area contributed by atoms with Crippen LogP contribution in [0.4, 0.5) is 0 Å². The van der Waals surface area contributed by atoms with Crippen LogP contribution in [0.3, 0.4) is 0 Å². The van der Waals surface area contributed by atoms with Gasteiger partial charge in [-0.15, -0.1) is 0 Å². The molecule has 36 heavy (non-hydrogen) atoms. The van der Waals surface area contributed by atoms with Crippen LogP contribution in [-0.2, 0) is 25.9 Å². The van der Waals surface area contributed by atoms with Gasteiger partial charge in [0.05, 0.1) is 13.1 Å². The fraction of sp³-hybridized carbons (Fsp3) is 0.735. The average Bonchev–Trinajstić information content (AvgIpc) is 3.28. The Labute approximate surface area is 224 Å². The quantitative estimate of drug-likeness (QED) is 0.101. The first-order chi connectivity index (χ1) is 17.8. The molecule has 2 heteroatoms. The molecule has 0 radical (unpaired) electrons. The monoisotopic (exact) mass is 495 g/mol. The Morgan fingerprint density at radius 3 is 1.67 bits per heavy atom. The number of aromatic nitrogens is 2. The minimum Gasteiger partial charge on any atom is -0.234 e. The fourth-order valence-electron chi connectivity index (χ4n) is 5.48. The van der Waals surface area contributed by atoms with E-state index in [2.05, 4.69) is 65.7 Å². The Bertz CT molecular complexity index is 733. The summed E-state index contributed by atoms with van der Waals surface area (Å²) in [5.74, 6) is 1.57. The minimum atomic E-state index is 1.14. The Morgan fingerprint density at radius 2 is 1.08 bits per heavy atom. The van der Waals surface area contributed by atoms with Crippen molar-refractivity contribution in [3.63, 3.8) is 0 Å². The highest BCUT2D eigenvalue weighted by Crippen LogP contribution is 2.14. The number of benzene rings is 1. The fourth-order valence-corrected chi connectivity index (χ4v) is 5.48. The van der Waals surface area contributed by atoms with Crippen LogP contribution in [0.15, 0.2) is 42.7 Å². The van der Waals surface area contributed by atoms with Crippen LogP contribution in [0, 0.1) is 0 Å². The van der Waals surface area contributed by atoms with E-state index in [0.29, 0.717) is 0 Å². The summed E-state index contributed by atoms with van der Waals surface area (Å²) in [5.41, 5.74) is 1.46. The molecule has 0 N–H and O–H groups in total. The van der Waals surface area contributed by atoms with Gasteiger partial charge in [-0.1, -0.05) is 140 Å². The Balaban J connectivity index is 1.66. The van der Waals surface area contributed by atoms with Gasteiger partial charge in [-0.3, -0.25) is 0 Å². The third-order valence-corrected chi connectivity index (χ3v) is 7.80. The Kier molecular flexibility index (Phi) is 18.3. The molecule has 1 aromatic heterocycles. The van der Waals surface area contributed by atoms with Crippen LogP contribution >= 0.6 is 0 Å². The summed E-state index contributed by atoms with van der Waals surface area (Å²) in [5, 5.41) is 0. The predicted octanol–water partition coefficient (Wildman–Crippen LogP) is 10.0. The van der Waals surface area contributed by atoms with E-state index in [1.54, 1.807) is 5.82 Å². The maximum absolute atomic E-state index is 2.58. The molecule has 2 aromatic rings. The molecule has 0 saturated heterocycles. The van der Waals surface area contributed by atoms with E-state index < -0.39 is 0 Å². The van der Waals surface area contributed by atoms with Crippen LogP contribution in [-0.4, -0.2) is 4.57 Å².